The molecule has 3 heterocycles. The highest BCUT2D eigenvalue weighted by Crippen LogP contribution is 2.17. The normalized spacial score (nSPS) is 18.3. The molecule has 0 aromatic carbocycles. The van der Waals surface area contributed by atoms with Crippen molar-refractivity contribution in [1.29, 1.82) is 0 Å². The Morgan fingerprint density at radius 2 is 2.25 bits per heavy atom. The van der Waals surface area contributed by atoms with Crippen molar-refractivity contribution >= 4 is 27.5 Å². The van der Waals surface area contributed by atoms with Gasteiger partial charge in [-0.1, -0.05) is 0 Å². The van der Waals surface area contributed by atoms with E-state index in [9.17, 15) is 0 Å². The largest absolute Gasteiger partial charge is 0.379 e. The summed E-state index contributed by atoms with van der Waals surface area (Å²) in [6.45, 7) is 6.77. The Hall–Kier alpha value is -1.18. The molecule has 1 aliphatic heterocycles. The number of hydrogen-bond acceptors (Lipinski definition) is 5. The molecule has 2 aromatic rings. The van der Waals surface area contributed by atoms with Crippen LogP contribution in [0, 0.1) is 0 Å². The summed E-state index contributed by atoms with van der Waals surface area (Å²) in [6, 6.07) is 4.20. The molecule has 2 aromatic heterocycles. The molecule has 0 saturated carbocycles. The maximum absolute atomic E-state index is 5.36. The summed E-state index contributed by atoms with van der Waals surface area (Å²) in [5.41, 5.74) is 0.827. The van der Waals surface area contributed by atoms with E-state index in [0.29, 0.717) is 12.0 Å². The minimum Gasteiger partial charge on any atom is -0.379 e. The lowest BCUT2D eigenvalue weighted by atomic mass is 10.3. The predicted molar refractivity (Wildman–Crippen MR) is 81.0 cm³/mol. The number of nitrogens with one attached hydrogen (secondary N) is 1. The summed E-state index contributed by atoms with van der Waals surface area (Å²) in [5.74, 6) is 0.664. The van der Waals surface area contributed by atoms with E-state index in [1.165, 1.54) is 0 Å². The van der Waals surface area contributed by atoms with E-state index in [1.807, 2.05) is 18.3 Å². The molecule has 1 atom stereocenters. The molecule has 3 rings (SSSR count). The molecule has 6 nitrogen and oxygen atoms in total. The van der Waals surface area contributed by atoms with Crippen LogP contribution in [0.3, 0.4) is 0 Å². The number of anilines is 1. The average Bonchev–Trinajstić information content (AvgIpc) is 2.83. The van der Waals surface area contributed by atoms with Crippen LogP contribution in [0.25, 0.3) is 5.65 Å². The van der Waals surface area contributed by atoms with Gasteiger partial charge in [-0.05, 0) is 35.0 Å². The maximum Gasteiger partial charge on any atom is 0.243 e. The zero-order valence-corrected chi connectivity index (χ0v) is 13.0. The molecule has 1 aliphatic rings. The first-order valence-corrected chi connectivity index (χ1v) is 7.59. The quantitative estimate of drug-likeness (QED) is 0.917. The Labute approximate surface area is 126 Å². The molecule has 108 valence electrons. The number of fused-ring (bicyclic) bond motifs is 1. The number of hydrogen-bond donors (Lipinski definition) is 1. The van der Waals surface area contributed by atoms with Crippen molar-refractivity contribution in [2.75, 3.05) is 38.2 Å². The van der Waals surface area contributed by atoms with Gasteiger partial charge in [0.2, 0.25) is 5.95 Å². The van der Waals surface area contributed by atoms with Gasteiger partial charge in [-0.3, -0.25) is 4.90 Å². The number of nitrogens with zero attached hydrogens (tertiary/aromatic N) is 4. The third-order valence-electron chi connectivity index (χ3n) is 3.33. The van der Waals surface area contributed by atoms with E-state index < -0.39 is 0 Å². The van der Waals surface area contributed by atoms with Crippen molar-refractivity contribution < 1.29 is 4.74 Å². The molecule has 0 radical (unpaired) electrons. The number of morpholine rings is 1. The fourth-order valence-corrected chi connectivity index (χ4v) is 2.79. The fourth-order valence-electron chi connectivity index (χ4n) is 2.37. The zero-order valence-electron chi connectivity index (χ0n) is 11.4. The Balaban J connectivity index is 1.64. The number of halogens is 1. The molecular formula is C13H18BrN5O. The summed E-state index contributed by atoms with van der Waals surface area (Å²) in [4.78, 5) is 6.89. The molecule has 0 bridgehead atoms. The second-order valence-corrected chi connectivity index (χ2v) is 5.87. The van der Waals surface area contributed by atoms with E-state index in [0.717, 1.165) is 43.0 Å². The molecule has 1 saturated heterocycles. The topological polar surface area (TPSA) is 54.7 Å². The minimum atomic E-state index is 0.296. The standard InChI is InChI=1S/C13H18BrN5O/c1-10(9-18-5-7-20-8-6-18)15-13-16-12-11(14)3-2-4-19(12)17-13/h2-4,10H,5-9H2,1H3,(H,15,17). The van der Waals surface area contributed by atoms with Crippen LogP contribution in [0.4, 0.5) is 5.95 Å². The summed E-state index contributed by atoms with van der Waals surface area (Å²) in [7, 11) is 0. The molecule has 20 heavy (non-hydrogen) atoms. The lowest BCUT2D eigenvalue weighted by molar-refractivity contribution is 0.0368. The highest BCUT2D eigenvalue weighted by atomic mass is 79.9. The first-order chi connectivity index (χ1) is 9.72. The third-order valence-corrected chi connectivity index (χ3v) is 3.94. The Morgan fingerprint density at radius 1 is 1.45 bits per heavy atom. The summed E-state index contributed by atoms with van der Waals surface area (Å²) in [5, 5.41) is 7.79. The smallest absolute Gasteiger partial charge is 0.243 e. The molecule has 7 heteroatoms. The second kappa shape index (κ2) is 6.07. The number of ether oxygens (including phenoxy) is 1. The van der Waals surface area contributed by atoms with Crippen LogP contribution in [0.1, 0.15) is 6.92 Å². The predicted octanol–water partition coefficient (Wildman–Crippen LogP) is 1.62. The number of rotatable bonds is 4. The zero-order chi connectivity index (χ0) is 13.9. The van der Waals surface area contributed by atoms with Crippen LogP contribution in [0.2, 0.25) is 0 Å². The first kappa shape index (κ1) is 13.8. The van der Waals surface area contributed by atoms with Gasteiger partial charge in [-0.15, -0.1) is 5.10 Å². The minimum absolute atomic E-state index is 0.296. The first-order valence-electron chi connectivity index (χ1n) is 6.80. The third kappa shape index (κ3) is 3.11. The lowest BCUT2D eigenvalue weighted by Gasteiger charge is -2.29. The van der Waals surface area contributed by atoms with Crippen molar-refractivity contribution in [3.8, 4) is 0 Å². The van der Waals surface area contributed by atoms with Gasteiger partial charge in [0, 0.05) is 31.9 Å². The van der Waals surface area contributed by atoms with Crippen LogP contribution in [-0.2, 0) is 4.74 Å². The molecule has 1 fully saturated rings. The van der Waals surface area contributed by atoms with Crippen LogP contribution in [0.15, 0.2) is 22.8 Å². The SMILES string of the molecule is CC(CN1CCOCC1)Nc1nc2c(Br)cccn2n1. The van der Waals surface area contributed by atoms with E-state index in [4.69, 9.17) is 4.74 Å². The van der Waals surface area contributed by atoms with Crippen LogP contribution in [0.5, 0.6) is 0 Å². The Bertz CT molecular complexity index is 581. The molecule has 0 spiro atoms. The molecular weight excluding hydrogens is 322 g/mol. The van der Waals surface area contributed by atoms with Crippen LogP contribution < -0.4 is 5.32 Å². The average molecular weight is 340 g/mol. The van der Waals surface area contributed by atoms with Crippen LogP contribution >= 0.6 is 15.9 Å². The van der Waals surface area contributed by atoms with E-state index in [2.05, 4.69) is 43.2 Å². The molecule has 1 N–H and O–H groups in total. The van der Waals surface area contributed by atoms with E-state index in [1.54, 1.807) is 4.52 Å². The van der Waals surface area contributed by atoms with Gasteiger partial charge in [0.25, 0.3) is 0 Å². The summed E-state index contributed by atoms with van der Waals surface area (Å²) < 4.78 is 8.07. The van der Waals surface area contributed by atoms with Crippen molar-refractivity contribution in [3.63, 3.8) is 0 Å². The van der Waals surface area contributed by atoms with Gasteiger partial charge < -0.3 is 10.1 Å². The Morgan fingerprint density at radius 3 is 3.00 bits per heavy atom. The second-order valence-electron chi connectivity index (χ2n) is 5.02. The molecule has 0 aliphatic carbocycles. The van der Waals surface area contributed by atoms with Crippen molar-refractivity contribution in [2.24, 2.45) is 0 Å². The monoisotopic (exact) mass is 339 g/mol. The van der Waals surface area contributed by atoms with E-state index >= 15 is 0 Å². The molecule has 1 unspecified atom stereocenters. The number of aromatic nitrogens is 3. The molecule has 0 amide bonds. The van der Waals surface area contributed by atoms with Gasteiger partial charge in [0.15, 0.2) is 5.65 Å². The van der Waals surface area contributed by atoms with Gasteiger partial charge in [-0.2, -0.15) is 4.98 Å². The van der Waals surface area contributed by atoms with Gasteiger partial charge in [0.1, 0.15) is 0 Å². The van der Waals surface area contributed by atoms with Gasteiger partial charge in [0.05, 0.1) is 17.7 Å². The fraction of sp³-hybridized carbons (Fsp3) is 0.538. The summed E-state index contributed by atoms with van der Waals surface area (Å²) >= 11 is 3.48. The van der Waals surface area contributed by atoms with E-state index in [-0.39, 0.29) is 0 Å². The van der Waals surface area contributed by atoms with Crippen molar-refractivity contribution in [2.45, 2.75) is 13.0 Å². The highest BCUT2D eigenvalue weighted by Gasteiger charge is 2.15. The van der Waals surface area contributed by atoms with Crippen molar-refractivity contribution in [1.82, 2.24) is 19.5 Å². The van der Waals surface area contributed by atoms with Gasteiger partial charge in [-0.25, -0.2) is 4.52 Å². The van der Waals surface area contributed by atoms with Crippen molar-refractivity contribution in [3.05, 3.63) is 22.8 Å². The lowest BCUT2D eigenvalue weighted by Crippen LogP contribution is -2.42. The maximum atomic E-state index is 5.36. The highest BCUT2D eigenvalue weighted by molar-refractivity contribution is 9.10. The summed E-state index contributed by atoms with van der Waals surface area (Å²) in [6.07, 6.45) is 1.89. The number of pyridine rings is 1. The van der Waals surface area contributed by atoms with Gasteiger partial charge >= 0.3 is 0 Å². The van der Waals surface area contributed by atoms with Crippen LogP contribution in [-0.4, -0.2) is 58.4 Å². The Kier molecular flexibility index (Phi) is 4.18.